The second-order valence-electron chi connectivity index (χ2n) is 5.91. The molecule has 2 heterocycles. The molecule has 0 radical (unpaired) electrons. The van der Waals surface area contributed by atoms with Crippen molar-refractivity contribution in [1.29, 1.82) is 0 Å². The fourth-order valence-electron chi connectivity index (χ4n) is 2.97. The Morgan fingerprint density at radius 2 is 2.00 bits per heavy atom. The highest BCUT2D eigenvalue weighted by Crippen LogP contribution is 2.29. The highest BCUT2D eigenvalue weighted by Gasteiger charge is 2.31. The summed E-state index contributed by atoms with van der Waals surface area (Å²) in [7, 11) is 0. The summed E-state index contributed by atoms with van der Waals surface area (Å²) in [5.74, 6) is -2.55. The number of H-pyrrole nitrogens is 1. The first-order chi connectivity index (χ1) is 11.5. The number of likely N-dealkylation sites (tertiary alicyclic amines) is 1. The third-order valence-electron chi connectivity index (χ3n) is 4.17. The number of amides is 1. The van der Waals surface area contributed by atoms with E-state index in [1.807, 2.05) is 0 Å². The van der Waals surface area contributed by atoms with Crippen LogP contribution in [0.15, 0.2) is 12.1 Å². The zero-order valence-corrected chi connectivity index (χ0v) is 13.2. The summed E-state index contributed by atoms with van der Waals surface area (Å²) < 4.78 is 40.1. The zero-order chi connectivity index (χ0) is 17.3. The Labute approximate surface area is 136 Å². The number of hydrogen-bond acceptors (Lipinski definition) is 3. The van der Waals surface area contributed by atoms with Crippen molar-refractivity contribution < 1.29 is 18.0 Å². The first-order valence-electron chi connectivity index (χ1n) is 7.77. The number of halogens is 3. The van der Waals surface area contributed by atoms with Crippen LogP contribution >= 0.6 is 0 Å². The van der Waals surface area contributed by atoms with Crippen molar-refractivity contribution in [3.05, 3.63) is 46.8 Å². The van der Waals surface area contributed by atoms with Gasteiger partial charge < -0.3 is 4.90 Å². The lowest BCUT2D eigenvalue weighted by Gasteiger charge is -2.34. The van der Waals surface area contributed by atoms with Crippen LogP contribution in [0.1, 0.15) is 42.5 Å². The Balaban J connectivity index is 1.81. The molecule has 24 heavy (non-hydrogen) atoms. The van der Waals surface area contributed by atoms with E-state index in [0.717, 1.165) is 18.9 Å². The van der Waals surface area contributed by atoms with Crippen LogP contribution in [0.4, 0.5) is 13.2 Å². The molecule has 0 aliphatic carbocycles. The van der Waals surface area contributed by atoms with E-state index in [-0.39, 0.29) is 23.9 Å². The molecule has 1 aliphatic rings. The molecule has 3 rings (SSSR count). The molecule has 0 spiro atoms. The minimum Gasteiger partial charge on any atom is -0.332 e. The third-order valence-corrected chi connectivity index (χ3v) is 4.17. The Morgan fingerprint density at radius 1 is 1.25 bits per heavy atom. The van der Waals surface area contributed by atoms with Crippen LogP contribution in [0, 0.1) is 24.4 Å². The lowest BCUT2D eigenvalue weighted by atomic mass is 10.00. The van der Waals surface area contributed by atoms with E-state index in [0.29, 0.717) is 30.7 Å². The molecule has 2 aromatic rings. The summed E-state index contributed by atoms with van der Waals surface area (Å²) in [6.45, 7) is 2.27. The van der Waals surface area contributed by atoms with Gasteiger partial charge in [-0.1, -0.05) is 0 Å². The number of aromatic nitrogens is 3. The number of carbonyl (C=O) groups excluding carboxylic acids is 1. The minimum atomic E-state index is -1.27. The van der Waals surface area contributed by atoms with E-state index < -0.39 is 17.5 Å². The lowest BCUT2D eigenvalue weighted by Crippen LogP contribution is -2.40. The fraction of sp³-hybridized carbons (Fsp3) is 0.438. The summed E-state index contributed by atoms with van der Waals surface area (Å²) in [5, 5.41) is 6.86. The largest absolute Gasteiger partial charge is 0.332 e. The summed E-state index contributed by atoms with van der Waals surface area (Å²) in [6, 6.07) is 0.910. The molecule has 1 aromatic carbocycles. The average molecular weight is 338 g/mol. The van der Waals surface area contributed by atoms with E-state index in [1.165, 1.54) is 0 Å². The summed E-state index contributed by atoms with van der Waals surface area (Å²) in [5.41, 5.74) is -0.158. The van der Waals surface area contributed by atoms with Gasteiger partial charge in [-0.25, -0.2) is 18.2 Å². The van der Waals surface area contributed by atoms with Gasteiger partial charge in [0.05, 0.1) is 12.5 Å². The standard InChI is InChI=1S/C16H17F3N4O/c1-9-20-16(22-21-9)14-4-2-3-5-23(14)15(24)7-10-6-12(18)13(19)8-11(10)17/h6,8,14H,2-5,7H2,1H3,(H,20,21,22)/t14-/m1/s1. The van der Waals surface area contributed by atoms with Crippen LogP contribution in [0.25, 0.3) is 0 Å². The molecule has 1 saturated heterocycles. The topological polar surface area (TPSA) is 61.9 Å². The third kappa shape index (κ3) is 3.27. The molecule has 128 valence electrons. The maximum atomic E-state index is 13.8. The average Bonchev–Trinajstić information content (AvgIpc) is 2.99. The van der Waals surface area contributed by atoms with Crippen LogP contribution in [-0.4, -0.2) is 32.5 Å². The molecule has 1 fully saturated rings. The van der Waals surface area contributed by atoms with E-state index in [9.17, 15) is 18.0 Å². The predicted molar refractivity (Wildman–Crippen MR) is 79.4 cm³/mol. The highest BCUT2D eigenvalue weighted by molar-refractivity contribution is 5.79. The molecule has 1 aromatic heterocycles. The van der Waals surface area contributed by atoms with E-state index in [2.05, 4.69) is 15.2 Å². The van der Waals surface area contributed by atoms with Crippen LogP contribution in [-0.2, 0) is 11.2 Å². The summed E-state index contributed by atoms with van der Waals surface area (Å²) >= 11 is 0. The number of aromatic amines is 1. The Bertz CT molecular complexity index is 762. The monoisotopic (exact) mass is 338 g/mol. The number of hydrogen-bond donors (Lipinski definition) is 1. The molecular formula is C16H17F3N4O. The van der Waals surface area contributed by atoms with Crippen LogP contribution < -0.4 is 0 Å². The molecular weight excluding hydrogens is 321 g/mol. The molecule has 1 aliphatic heterocycles. The highest BCUT2D eigenvalue weighted by atomic mass is 19.2. The smallest absolute Gasteiger partial charge is 0.227 e. The van der Waals surface area contributed by atoms with Gasteiger partial charge in [0.25, 0.3) is 0 Å². The number of aryl methyl sites for hydroxylation is 1. The number of nitrogens with zero attached hydrogens (tertiary/aromatic N) is 3. The normalized spacial score (nSPS) is 18.0. The van der Waals surface area contributed by atoms with Gasteiger partial charge in [-0.15, -0.1) is 0 Å². The molecule has 5 nitrogen and oxygen atoms in total. The molecule has 0 bridgehead atoms. The minimum absolute atomic E-state index is 0.158. The quantitative estimate of drug-likeness (QED) is 0.876. The van der Waals surface area contributed by atoms with Gasteiger partial charge in [0.1, 0.15) is 11.6 Å². The van der Waals surface area contributed by atoms with Gasteiger partial charge in [-0.3, -0.25) is 9.89 Å². The summed E-state index contributed by atoms with van der Waals surface area (Å²) in [4.78, 5) is 18.4. The van der Waals surface area contributed by atoms with Crippen molar-refractivity contribution >= 4 is 5.91 Å². The van der Waals surface area contributed by atoms with Crippen molar-refractivity contribution in [1.82, 2.24) is 20.1 Å². The van der Waals surface area contributed by atoms with Crippen LogP contribution in [0.5, 0.6) is 0 Å². The fourth-order valence-corrected chi connectivity index (χ4v) is 2.97. The van der Waals surface area contributed by atoms with Gasteiger partial charge in [-0.05, 0) is 32.3 Å². The molecule has 8 heteroatoms. The van der Waals surface area contributed by atoms with Crippen molar-refractivity contribution in [2.45, 2.75) is 38.6 Å². The Hall–Kier alpha value is -2.38. The second kappa shape index (κ2) is 6.62. The van der Waals surface area contributed by atoms with Crippen LogP contribution in [0.3, 0.4) is 0 Å². The van der Waals surface area contributed by atoms with Crippen LogP contribution in [0.2, 0.25) is 0 Å². The van der Waals surface area contributed by atoms with Crippen molar-refractivity contribution in [2.24, 2.45) is 0 Å². The second-order valence-corrected chi connectivity index (χ2v) is 5.91. The van der Waals surface area contributed by atoms with Gasteiger partial charge in [0.2, 0.25) is 5.91 Å². The van der Waals surface area contributed by atoms with E-state index in [1.54, 1.807) is 11.8 Å². The number of benzene rings is 1. The maximum Gasteiger partial charge on any atom is 0.227 e. The molecule has 1 N–H and O–H groups in total. The molecule has 1 atom stereocenters. The van der Waals surface area contributed by atoms with Gasteiger partial charge in [-0.2, -0.15) is 5.10 Å². The number of piperidine rings is 1. The molecule has 1 amide bonds. The van der Waals surface area contributed by atoms with Crippen molar-refractivity contribution in [2.75, 3.05) is 6.54 Å². The first-order valence-corrected chi connectivity index (χ1v) is 7.77. The summed E-state index contributed by atoms with van der Waals surface area (Å²) in [6.07, 6.45) is 2.14. The first kappa shape index (κ1) is 16.5. The predicted octanol–water partition coefficient (Wildman–Crippen LogP) is 2.83. The van der Waals surface area contributed by atoms with E-state index in [4.69, 9.17) is 0 Å². The SMILES string of the molecule is Cc1nc([C@H]2CCCCN2C(=O)Cc2cc(F)c(F)cc2F)n[nH]1. The molecule has 0 saturated carbocycles. The molecule has 0 unspecified atom stereocenters. The van der Waals surface area contributed by atoms with Gasteiger partial charge in [0, 0.05) is 18.2 Å². The Kier molecular flexibility index (Phi) is 4.55. The zero-order valence-electron chi connectivity index (χ0n) is 13.2. The maximum absolute atomic E-state index is 13.8. The van der Waals surface area contributed by atoms with Gasteiger partial charge in [0.15, 0.2) is 17.5 Å². The van der Waals surface area contributed by atoms with Crippen molar-refractivity contribution in [3.63, 3.8) is 0 Å². The number of carbonyl (C=O) groups is 1. The van der Waals surface area contributed by atoms with Gasteiger partial charge >= 0.3 is 0 Å². The number of rotatable bonds is 3. The number of nitrogens with one attached hydrogen (secondary N) is 1. The van der Waals surface area contributed by atoms with E-state index >= 15 is 0 Å². The van der Waals surface area contributed by atoms with Crippen molar-refractivity contribution in [3.8, 4) is 0 Å². The Morgan fingerprint density at radius 3 is 2.71 bits per heavy atom. The lowest BCUT2D eigenvalue weighted by molar-refractivity contribution is -0.134.